The number of fused-ring (bicyclic) bond motifs is 7. The van der Waals surface area contributed by atoms with Crippen molar-refractivity contribution in [1.29, 1.82) is 0 Å². The Hall–Kier alpha value is -10.7. The summed E-state index contributed by atoms with van der Waals surface area (Å²) in [6.07, 6.45) is 0. The highest BCUT2D eigenvalue weighted by Gasteiger charge is 2.22. The molecule has 15 rings (SSSR count). The van der Waals surface area contributed by atoms with Crippen LogP contribution in [0.4, 0.5) is 34.1 Å². The SMILES string of the molecule is Cc1ccc(-n2c3ccccc3c3cc(N(c4ccc(-c5ccccc5)cc4)c4ccc(-c5ccc(N(c6ccc(-c7ccccc7)cc6)c6ccc7c(c6)c6ccccc6n7-c6ccc(C)cc6)c6ccccc56)cc4)ccc32)cc1. The van der Waals surface area contributed by atoms with Crippen molar-refractivity contribution >= 4 is 88.5 Å². The third kappa shape index (κ3) is 8.48. The largest absolute Gasteiger partial charge is 0.310 e. The molecule has 0 unspecified atom stereocenters. The lowest BCUT2D eigenvalue weighted by Gasteiger charge is -2.28. The molecule has 13 aromatic carbocycles. The van der Waals surface area contributed by atoms with E-state index in [-0.39, 0.29) is 0 Å². The maximum absolute atomic E-state index is 2.44. The van der Waals surface area contributed by atoms with Gasteiger partial charge in [0.25, 0.3) is 0 Å². The van der Waals surface area contributed by atoms with Crippen LogP contribution in [0, 0.1) is 13.8 Å². The van der Waals surface area contributed by atoms with Gasteiger partial charge in [0, 0.05) is 66.7 Å². The van der Waals surface area contributed by atoms with Gasteiger partial charge in [-0.15, -0.1) is 0 Å². The summed E-state index contributed by atoms with van der Waals surface area (Å²) >= 11 is 0. The van der Waals surface area contributed by atoms with E-state index in [0.29, 0.717) is 0 Å². The van der Waals surface area contributed by atoms with Crippen molar-refractivity contribution in [2.24, 2.45) is 0 Å². The summed E-state index contributed by atoms with van der Waals surface area (Å²) in [5, 5.41) is 7.20. The summed E-state index contributed by atoms with van der Waals surface area (Å²) < 4.78 is 4.79. The molecule has 0 saturated carbocycles. The smallest absolute Gasteiger partial charge is 0.0542 e. The molecule has 4 nitrogen and oxygen atoms in total. The molecule has 0 N–H and O–H groups in total. The van der Waals surface area contributed by atoms with E-state index in [2.05, 4.69) is 336 Å². The molecule has 0 radical (unpaired) electrons. The molecule has 0 bridgehead atoms. The fourth-order valence-corrected chi connectivity index (χ4v) is 12.4. The highest BCUT2D eigenvalue weighted by Crippen LogP contribution is 2.46. The Morgan fingerprint density at radius 3 is 1.06 bits per heavy atom. The van der Waals surface area contributed by atoms with Crippen LogP contribution in [0.1, 0.15) is 11.1 Å². The van der Waals surface area contributed by atoms with Crippen molar-refractivity contribution < 1.29 is 0 Å². The molecule has 0 amide bonds. The van der Waals surface area contributed by atoms with Crippen LogP contribution in [-0.4, -0.2) is 9.13 Å². The second-order valence-electron chi connectivity index (χ2n) is 21.5. The van der Waals surface area contributed by atoms with E-state index in [4.69, 9.17) is 0 Å². The van der Waals surface area contributed by atoms with E-state index in [9.17, 15) is 0 Å². The lowest BCUT2D eigenvalue weighted by molar-refractivity contribution is 1.17. The van der Waals surface area contributed by atoms with Crippen LogP contribution in [0.25, 0.3) is 99.1 Å². The van der Waals surface area contributed by atoms with E-state index in [1.54, 1.807) is 0 Å². The lowest BCUT2D eigenvalue weighted by atomic mass is 9.95. The first-order valence-corrected chi connectivity index (χ1v) is 28.2. The van der Waals surface area contributed by atoms with Gasteiger partial charge >= 0.3 is 0 Å². The molecule has 0 aliphatic heterocycles. The zero-order valence-corrected chi connectivity index (χ0v) is 45.7. The Morgan fingerprint density at radius 2 is 0.585 bits per heavy atom. The van der Waals surface area contributed by atoms with Crippen molar-refractivity contribution in [3.05, 3.63) is 314 Å². The number of aromatic nitrogens is 2. The van der Waals surface area contributed by atoms with Crippen LogP contribution in [0.15, 0.2) is 303 Å². The van der Waals surface area contributed by atoms with Crippen molar-refractivity contribution in [2.75, 3.05) is 9.80 Å². The minimum Gasteiger partial charge on any atom is -0.310 e. The summed E-state index contributed by atoms with van der Waals surface area (Å²) in [4.78, 5) is 4.84. The average Bonchev–Trinajstić information content (AvgIpc) is 4.23. The van der Waals surface area contributed by atoms with Gasteiger partial charge < -0.3 is 18.9 Å². The first-order chi connectivity index (χ1) is 40.5. The molecular formula is C78H56N4. The van der Waals surface area contributed by atoms with Crippen LogP contribution < -0.4 is 9.80 Å². The highest BCUT2D eigenvalue weighted by atomic mass is 15.2. The Morgan fingerprint density at radius 1 is 0.232 bits per heavy atom. The minimum atomic E-state index is 1.07. The monoisotopic (exact) mass is 1050 g/mol. The second-order valence-corrected chi connectivity index (χ2v) is 21.5. The van der Waals surface area contributed by atoms with Gasteiger partial charge in [-0.05, 0) is 168 Å². The van der Waals surface area contributed by atoms with Crippen molar-refractivity contribution in [3.63, 3.8) is 0 Å². The Bertz CT molecular complexity index is 4830. The van der Waals surface area contributed by atoms with E-state index in [0.717, 1.165) is 56.4 Å². The lowest BCUT2D eigenvalue weighted by Crippen LogP contribution is -2.11. The third-order valence-corrected chi connectivity index (χ3v) is 16.5. The predicted molar refractivity (Wildman–Crippen MR) is 348 cm³/mol. The molecule has 0 atom stereocenters. The van der Waals surface area contributed by atoms with Crippen LogP contribution in [0.3, 0.4) is 0 Å². The zero-order valence-electron chi connectivity index (χ0n) is 45.7. The van der Waals surface area contributed by atoms with Gasteiger partial charge in [0.2, 0.25) is 0 Å². The summed E-state index contributed by atoms with van der Waals surface area (Å²) in [6.45, 7) is 4.29. The number of rotatable bonds is 11. The Balaban J connectivity index is 0.853. The second kappa shape index (κ2) is 20.2. The number of para-hydroxylation sites is 2. The van der Waals surface area contributed by atoms with E-state index >= 15 is 0 Å². The maximum Gasteiger partial charge on any atom is 0.0542 e. The van der Waals surface area contributed by atoms with Gasteiger partial charge in [-0.25, -0.2) is 0 Å². The van der Waals surface area contributed by atoms with Crippen LogP contribution >= 0.6 is 0 Å². The zero-order chi connectivity index (χ0) is 54.7. The molecule has 0 aliphatic carbocycles. The highest BCUT2D eigenvalue weighted by molar-refractivity contribution is 6.13. The third-order valence-electron chi connectivity index (χ3n) is 16.5. The van der Waals surface area contributed by atoms with Crippen LogP contribution in [0.5, 0.6) is 0 Å². The van der Waals surface area contributed by atoms with Gasteiger partial charge in [0.05, 0.1) is 27.8 Å². The molecule has 0 spiro atoms. The molecule has 82 heavy (non-hydrogen) atoms. The Kier molecular flexibility index (Phi) is 11.9. The standard InChI is InChI=1S/C78H56N4/c1-53-25-35-63(36-26-53)81-74-23-13-11-21-70(74)72-51-65(45-48-77(72)81)79(60-39-29-57(30-40-60)55-15-5-3-6-16-55)61-43-33-59(34-44-61)67-47-50-76(69-20-10-9-19-68(67)69)80(62-41-31-58(32-42-62)56-17-7-4-8-18-56)66-46-49-78-73(52-66)71-22-12-14-24-75(71)82(78)64-37-27-54(2)28-38-64/h3-52H,1-2H3. The molecule has 2 aromatic heterocycles. The molecule has 0 saturated heterocycles. The average molecular weight is 1050 g/mol. The molecule has 2 heterocycles. The van der Waals surface area contributed by atoms with E-state index in [1.807, 2.05) is 0 Å². The van der Waals surface area contributed by atoms with Crippen LogP contribution in [0.2, 0.25) is 0 Å². The number of hydrogen-bond acceptors (Lipinski definition) is 2. The molecule has 0 fully saturated rings. The molecule has 0 aliphatic rings. The minimum absolute atomic E-state index is 1.07. The first-order valence-electron chi connectivity index (χ1n) is 28.2. The van der Waals surface area contributed by atoms with E-state index in [1.165, 1.54) is 87.9 Å². The summed E-state index contributed by atoms with van der Waals surface area (Å²) in [6, 6.07) is 111. The predicted octanol–water partition coefficient (Wildman–Crippen LogP) is 21.6. The summed E-state index contributed by atoms with van der Waals surface area (Å²) in [5.41, 5.74) is 23.1. The molecular weight excluding hydrogens is 993 g/mol. The van der Waals surface area contributed by atoms with Crippen LogP contribution in [-0.2, 0) is 0 Å². The first kappa shape index (κ1) is 48.4. The van der Waals surface area contributed by atoms with Gasteiger partial charge in [-0.1, -0.05) is 199 Å². The van der Waals surface area contributed by atoms with Crippen molar-refractivity contribution in [2.45, 2.75) is 13.8 Å². The quantitative estimate of drug-likeness (QED) is 0.128. The topological polar surface area (TPSA) is 16.3 Å². The van der Waals surface area contributed by atoms with Gasteiger partial charge in [-0.2, -0.15) is 0 Å². The number of benzene rings is 13. The fourth-order valence-electron chi connectivity index (χ4n) is 12.4. The fraction of sp³-hybridized carbons (Fsp3) is 0.0256. The number of nitrogens with zero attached hydrogens (tertiary/aromatic N) is 4. The molecule has 4 heteroatoms. The number of anilines is 6. The van der Waals surface area contributed by atoms with E-state index < -0.39 is 0 Å². The van der Waals surface area contributed by atoms with Crippen molar-refractivity contribution in [1.82, 2.24) is 9.13 Å². The van der Waals surface area contributed by atoms with Crippen molar-refractivity contribution in [3.8, 4) is 44.8 Å². The number of hydrogen-bond donors (Lipinski definition) is 0. The summed E-state index contributed by atoms with van der Waals surface area (Å²) in [5.74, 6) is 0. The van der Waals surface area contributed by atoms with Gasteiger partial charge in [0.15, 0.2) is 0 Å². The van der Waals surface area contributed by atoms with Gasteiger partial charge in [0.1, 0.15) is 0 Å². The Labute approximate surface area is 477 Å². The molecule has 388 valence electrons. The normalized spacial score (nSPS) is 11.5. The maximum atomic E-state index is 2.44. The van der Waals surface area contributed by atoms with Gasteiger partial charge in [-0.3, -0.25) is 0 Å². The summed E-state index contributed by atoms with van der Waals surface area (Å²) in [7, 11) is 0. The molecule has 15 aromatic rings. The number of aryl methyl sites for hydroxylation is 2.